The highest BCUT2D eigenvalue weighted by Crippen LogP contribution is 2.33. The molecule has 0 saturated heterocycles. The van der Waals surface area contributed by atoms with E-state index in [4.69, 9.17) is 0 Å². The Labute approximate surface area is 134 Å². The van der Waals surface area contributed by atoms with Crippen LogP contribution in [0, 0.1) is 5.82 Å². The quantitative estimate of drug-likeness (QED) is 0.823. The van der Waals surface area contributed by atoms with Gasteiger partial charge in [-0.3, -0.25) is 4.79 Å². The molecule has 1 atom stereocenters. The maximum atomic E-state index is 14.2. The molecule has 0 spiro atoms. The van der Waals surface area contributed by atoms with Crippen LogP contribution in [0.25, 0.3) is 0 Å². The zero-order chi connectivity index (χ0) is 15.0. The van der Waals surface area contributed by atoms with Crippen LogP contribution in [-0.4, -0.2) is 5.91 Å². The fourth-order valence-corrected chi connectivity index (χ4v) is 3.80. The fourth-order valence-electron chi connectivity index (χ4n) is 2.37. The van der Waals surface area contributed by atoms with Crippen LogP contribution in [0.2, 0.25) is 0 Å². The molecule has 1 aromatic heterocycles. The average molecular weight is 369 g/mol. The Kier molecular flexibility index (Phi) is 3.99. The summed E-state index contributed by atoms with van der Waals surface area (Å²) >= 11 is 5.04. The first-order valence-corrected chi connectivity index (χ1v) is 8.28. The molecule has 1 aromatic carbocycles. The van der Waals surface area contributed by atoms with Crippen molar-refractivity contribution >= 4 is 44.5 Å². The van der Waals surface area contributed by atoms with Crippen molar-refractivity contribution in [2.24, 2.45) is 0 Å². The van der Waals surface area contributed by atoms with Gasteiger partial charge in [0.05, 0.1) is 15.5 Å². The summed E-state index contributed by atoms with van der Waals surface area (Å²) in [6.07, 6.45) is 1.00. The lowest BCUT2D eigenvalue weighted by Crippen LogP contribution is -2.19. The van der Waals surface area contributed by atoms with E-state index in [1.165, 1.54) is 6.07 Å². The molecule has 1 aliphatic heterocycles. The van der Waals surface area contributed by atoms with Crippen molar-refractivity contribution in [1.29, 1.82) is 0 Å². The number of nitrogens with one attached hydrogen (secondary N) is 2. The Morgan fingerprint density at radius 3 is 2.90 bits per heavy atom. The monoisotopic (exact) mass is 368 g/mol. The van der Waals surface area contributed by atoms with E-state index in [1.54, 1.807) is 17.4 Å². The van der Waals surface area contributed by atoms with Crippen molar-refractivity contribution in [2.45, 2.75) is 25.8 Å². The summed E-state index contributed by atoms with van der Waals surface area (Å²) in [6.45, 7) is 1.98. The molecule has 0 fully saturated rings. The molecular weight excluding hydrogens is 355 g/mol. The van der Waals surface area contributed by atoms with Crippen LogP contribution in [0.5, 0.6) is 0 Å². The first-order chi connectivity index (χ1) is 10.0. The topological polar surface area (TPSA) is 41.1 Å². The van der Waals surface area contributed by atoms with Gasteiger partial charge in [-0.05, 0) is 59.1 Å². The highest BCUT2D eigenvalue weighted by molar-refractivity contribution is 9.11. The van der Waals surface area contributed by atoms with Gasteiger partial charge in [0.1, 0.15) is 5.82 Å². The molecule has 3 rings (SSSR count). The van der Waals surface area contributed by atoms with Gasteiger partial charge in [-0.1, -0.05) is 0 Å². The zero-order valence-electron chi connectivity index (χ0n) is 11.4. The summed E-state index contributed by atoms with van der Waals surface area (Å²) in [5.74, 6) is -0.303. The molecule has 0 aliphatic carbocycles. The Morgan fingerprint density at radius 1 is 1.38 bits per heavy atom. The summed E-state index contributed by atoms with van der Waals surface area (Å²) in [5.41, 5.74) is 1.96. The molecule has 0 bridgehead atoms. The highest BCUT2D eigenvalue weighted by atomic mass is 79.9. The molecule has 2 heterocycles. The molecule has 2 N–H and O–H groups in total. The van der Waals surface area contributed by atoms with Gasteiger partial charge in [0.2, 0.25) is 5.91 Å². The van der Waals surface area contributed by atoms with E-state index in [1.807, 2.05) is 19.1 Å². The van der Waals surface area contributed by atoms with E-state index >= 15 is 0 Å². The molecule has 0 saturated carbocycles. The predicted molar refractivity (Wildman–Crippen MR) is 87.4 cm³/mol. The molecule has 110 valence electrons. The summed E-state index contributed by atoms with van der Waals surface area (Å²) in [7, 11) is 0. The second-order valence-corrected chi connectivity index (χ2v) is 7.54. The van der Waals surface area contributed by atoms with Gasteiger partial charge in [-0.25, -0.2) is 4.39 Å². The lowest BCUT2D eigenvalue weighted by molar-refractivity contribution is -0.116. The van der Waals surface area contributed by atoms with E-state index in [0.29, 0.717) is 24.2 Å². The molecule has 3 nitrogen and oxygen atoms in total. The standard InChI is InChI=1S/C15H14BrFN2OS/c1-8(13-3-4-14(16)21-13)18-12-7-11-9(6-10(12)17)2-5-15(20)19-11/h3-4,6-8,18H,2,5H2,1H3,(H,19,20). The Bertz CT molecular complexity index is 701. The van der Waals surface area contributed by atoms with Crippen molar-refractivity contribution in [2.75, 3.05) is 10.6 Å². The van der Waals surface area contributed by atoms with E-state index in [9.17, 15) is 9.18 Å². The molecule has 2 aromatic rings. The molecule has 21 heavy (non-hydrogen) atoms. The molecular formula is C15H14BrFN2OS. The van der Waals surface area contributed by atoms with Gasteiger partial charge in [0.15, 0.2) is 0 Å². The van der Waals surface area contributed by atoms with E-state index in [2.05, 4.69) is 26.6 Å². The van der Waals surface area contributed by atoms with Crippen LogP contribution in [0.3, 0.4) is 0 Å². The molecule has 1 aliphatic rings. The smallest absolute Gasteiger partial charge is 0.224 e. The number of halogens is 2. The highest BCUT2D eigenvalue weighted by Gasteiger charge is 2.18. The number of thiophene rings is 1. The number of carbonyl (C=O) groups excluding carboxylic acids is 1. The van der Waals surface area contributed by atoms with Crippen molar-refractivity contribution in [3.8, 4) is 0 Å². The summed E-state index contributed by atoms with van der Waals surface area (Å²) < 4.78 is 15.2. The Balaban J connectivity index is 1.85. The van der Waals surface area contributed by atoms with Crippen LogP contribution < -0.4 is 10.6 Å². The zero-order valence-corrected chi connectivity index (χ0v) is 13.8. The number of amides is 1. The SMILES string of the molecule is CC(Nc1cc2c(cc1F)CCC(=O)N2)c1ccc(Br)s1. The number of fused-ring (bicyclic) bond motifs is 1. The molecule has 1 amide bonds. The summed E-state index contributed by atoms with van der Waals surface area (Å²) in [5, 5.41) is 5.96. The number of aryl methyl sites for hydroxylation is 1. The lowest BCUT2D eigenvalue weighted by Gasteiger charge is -2.20. The van der Waals surface area contributed by atoms with Gasteiger partial charge in [0.25, 0.3) is 0 Å². The van der Waals surface area contributed by atoms with Gasteiger partial charge >= 0.3 is 0 Å². The Morgan fingerprint density at radius 2 is 2.19 bits per heavy atom. The van der Waals surface area contributed by atoms with E-state index in [0.717, 1.165) is 14.2 Å². The number of benzene rings is 1. The number of rotatable bonds is 3. The van der Waals surface area contributed by atoms with Gasteiger partial charge in [-0.15, -0.1) is 11.3 Å². The maximum Gasteiger partial charge on any atom is 0.224 e. The van der Waals surface area contributed by atoms with Crippen molar-refractivity contribution < 1.29 is 9.18 Å². The van der Waals surface area contributed by atoms with Crippen molar-refractivity contribution in [3.05, 3.63) is 44.3 Å². The average Bonchev–Trinajstić information content (AvgIpc) is 2.87. The minimum Gasteiger partial charge on any atom is -0.375 e. The number of hydrogen-bond acceptors (Lipinski definition) is 3. The minimum atomic E-state index is -0.285. The van der Waals surface area contributed by atoms with E-state index < -0.39 is 0 Å². The second-order valence-electron chi connectivity index (χ2n) is 5.05. The molecule has 0 radical (unpaired) electrons. The summed E-state index contributed by atoms with van der Waals surface area (Å²) in [6, 6.07) is 7.16. The van der Waals surface area contributed by atoms with Crippen molar-refractivity contribution in [3.63, 3.8) is 0 Å². The number of hydrogen-bond donors (Lipinski definition) is 2. The first-order valence-electron chi connectivity index (χ1n) is 6.67. The third kappa shape index (κ3) is 3.11. The van der Waals surface area contributed by atoms with Gasteiger partial charge in [-0.2, -0.15) is 0 Å². The van der Waals surface area contributed by atoms with Gasteiger partial charge < -0.3 is 10.6 Å². The van der Waals surface area contributed by atoms with Gasteiger partial charge in [0, 0.05) is 17.0 Å². The first kappa shape index (κ1) is 14.5. The fraction of sp³-hybridized carbons (Fsp3) is 0.267. The van der Waals surface area contributed by atoms with Crippen LogP contribution in [0.15, 0.2) is 28.1 Å². The predicted octanol–water partition coefficient (Wildman–Crippen LogP) is 4.71. The third-order valence-electron chi connectivity index (χ3n) is 3.48. The molecule has 1 unspecified atom stereocenters. The minimum absolute atomic E-state index is 0.00635. The van der Waals surface area contributed by atoms with Crippen LogP contribution >= 0.6 is 27.3 Å². The maximum absolute atomic E-state index is 14.2. The third-order valence-corrected chi connectivity index (χ3v) is 5.29. The second kappa shape index (κ2) is 5.77. The molecule has 6 heteroatoms. The van der Waals surface area contributed by atoms with Crippen molar-refractivity contribution in [1.82, 2.24) is 0 Å². The largest absolute Gasteiger partial charge is 0.375 e. The Hall–Kier alpha value is -1.40. The number of carbonyl (C=O) groups is 1. The van der Waals surface area contributed by atoms with Crippen LogP contribution in [0.1, 0.15) is 29.8 Å². The van der Waals surface area contributed by atoms with E-state index in [-0.39, 0.29) is 17.8 Å². The van der Waals surface area contributed by atoms with Crippen LogP contribution in [0.4, 0.5) is 15.8 Å². The number of anilines is 2. The summed E-state index contributed by atoms with van der Waals surface area (Å²) in [4.78, 5) is 12.6. The lowest BCUT2D eigenvalue weighted by atomic mass is 10.0. The van der Waals surface area contributed by atoms with Crippen LogP contribution in [-0.2, 0) is 11.2 Å². The normalized spacial score (nSPS) is 15.3.